The number of rotatable bonds is 10. The highest BCUT2D eigenvalue weighted by Crippen LogP contribution is 2.04. The molecule has 0 saturated carbocycles. The molecular formula is C12H26N2OS. The van der Waals surface area contributed by atoms with E-state index in [9.17, 15) is 4.79 Å². The Morgan fingerprint density at radius 1 is 1.31 bits per heavy atom. The van der Waals surface area contributed by atoms with Crippen molar-refractivity contribution in [3.05, 3.63) is 0 Å². The second-order valence-electron chi connectivity index (χ2n) is 4.27. The molecule has 0 aromatic rings. The zero-order valence-corrected chi connectivity index (χ0v) is 11.4. The van der Waals surface area contributed by atoms with E-state index in [2.05, 4.69) is 11.6 Å². The van der Waals surface area contributed by atoms with Crippen LogP contribution in [0.3, 0.4) is 0 Å². The Bertz CT molecular complexity index is 174. The van der Waals surface area contributed by atoms with Gasteiger partial charge in [0, 0.05) is 19.0 Å². The molecule has 1 amide bonds. The van der Waals surface area contributed by atoms with Crippen LogP contribution in [0.15, 0.2) is 0 Å². The molecule has 0 spiro atoms. The quantitative estimate of drug-likeness (QED) is 0.581. The number of unbranched alkanes of at least 4 members (excludes halogenated alkanes) is 3. The van der Waals surface area contributed by atoms with Crippen LogP contribution in [0.4, 0.5) is 0 Å². The number of carbonyl (C=O) groups excluding carboxylic acids is 1. The first kappa shape index (κ1) is 15.8. The molecule has 3 nitrogen and oxygen atoms in total. The van der Waals surface area contributed by atoms with Crippen LogP contribution in [0, 0.1) is 0 Å². The van der Waals surface area contributed by atoms with Gasteiger partial charge in [0.1, 0.15) is 0 Å². The zero-order valence-electron chi connectivity index (χ0n) is 10.6. The molecule has 0 saturated heterocycles. The van der Waals surface area contributed by atoms with Gasteiger partial charge in [0.15, 0.2) is 0 Å². The van der Waals surface area contributed by atoms with Crippen LogP contribution in [0.2, 0.25) is 0 Å². The first-order chi connectivity index (χ1) is 7.66. The van der Waals surface area contributed by atoms with E-state index < -0.39 is 0 Å². The molecular weight excluding hydrogens is 220 g/mol. The van der Waals surface area contributed by atoms with Crippen LogP contribution in [0.25, 0.3) is 0 Å². The maximum atomic E-state index is 11.3. The van der Waals surface area contributed by atoms with E-state index in [0.717, 1.165) is 19.4 Å². The molecule has 0 aliphatic heterocycles. The molecule has 0 heterocycles. The summed E-state index contributed by atoms with van der Waals surface area (Å²) in [7, 11) is 0. The van der Waals surface area contributed by atoms with Crippen molar-refractivity contribution < 1.29 is 4.79 Å². The summed E-state index contributed by atoms with van der Waals surface area (Å²) >= 11 is 1.90. The van der Waals surface area contributed by atoms with E-state index in [0.29, 0.717) is 6.42 Å². The van der Waals surface area contributed by atoms with E-state index >= 15 is 0 Å². The summed E-state index contributed by atoms with van der Waals surface area (Å²) in [6.45, 7) is 2.75. The van der Waals surface area contributed by atoms with Crippen molar-refractivity contribution in [2.24, 2.45) is 5.73 Å². The van der Waals surface area contributed by atoms with E-state index in [-0.39, 0.29) is 11.9 Å². The predicted octanol–water partition coefficient (Wildman–Crippen LogP) is 2.15. The number of nitrogens with one attached hydrogen (secondary N) is 1. The Hall–Kier alpha value is -0.220. The normalized spacial score (nSPS) is 12.4. The standard InChI is InChI=1S/C12H26N2OS/c1-11(13)7-8-12(15)14-9-5-3-4-6-10-16-2/h11H,3-10,13H2,1-2H3,(H,14,15). The van der Waals surface area contributed by atoms with Gasteiger partial charge in [-0.1, -0.05) is 12.8 Å². The van der Waals surface area contributed by atoms with E-state index in [1.807, 2.05) is 18.7 Å². The van der Waals surface area contributed by atoms with Gasteiger partial charge in [0.2, 0.25) is 5.91 Å². The highest BCUT2D eigenvalue weighted by atomic mass is 32.2. The second-order valence-corrected chi connectivity index (χ2v) is 5.26. The average molecular weight is 246 g/mol. The summed E-state index contributed by atoms with van der Waals surface area (Å²) in [5.74, 6) is 1.39. The fraction of sp³-hybridized carbons (Fsp3) is 0.917. The number of hydrogen-bond donors (Lipinski definition) is 2. The summed E-state index contributed by atoms with van der Waals surface area (Å²) in [5, 5.41) is 2.93. The fourth-order valence-corrected chi connectivity index (χ4v) is 1.89. The molecule has 0 fully saturated rings. The van der Waals surface area contributed by atoms with Crippen molar-refractivity contribution in [1.29, 1.82) is 0 Å². The number of amides is 1. The molecule has 96 valence electrons. The van der Waals surface area contributed by atoms with Gasteiger partial charge in [-0.05, 0) is 38.2 Å². The first-order valence-corrected chi connectivity index (χ1v) is 7.57. The number of hydrogen-bond acceptors (Lipinski definition) is 3. The maximum Gasteiger partial charge on any atom is 0.220 e. The summed E-state index contributed by atoms with van der Waals surface area (Å²) in [6, 6.07) is 0.122. The van der Waals surface area contributed by atoms with Gasteiger partial charge < -0.3 is 11.1 Å². The lowest BCUT2D eigenvalue weighted by Crippen LogP contribution is -2.26. The van der Waals surface area contributed by atoms with Gasteiger partial charge in [0.25, 0.3) is 0 Å². The average Bonchev–Trinajstić information content (AvgIpc) is 2.25. The minimum absolute atomic E-state index is 0.122. The van der Waals surface area contributed by atoms with Crippen molar-refractivity contribution >= 4 is 17.7 Å². The summed E-state index contributed by atoms with van der Waals surface area (Å²) in [4.78, 5) is 11.3. The van der Waals surface area contributed by atoms with Crippen LogP contribution in [0.1, 0.15) is 45.4 Å². The molecule has 1 unspecified atom stereocenters. The molecule has 3 N–H and O–H groups in total. The minimum atomic E-state index is 0.122. The predicted molar refractivity (Wildman–Crippen MR) is 72.7 cm³/mol. The van der Waals surface area contributed by atoms with Crippen LogP contribution in [-0.4, -0.2) is 30.5 Å². The highest BCUT2D eigenvalue weighted by Gasteiger charge is 2.02. The molecule has 16 heavy (non-hydrogen) atoms. The minimum Gasteiger partial charge on any atom is -0.356 e. The number of nitrogens with two attached hydrogens (primary N) is 1. The van der Waals surface area contributed by atoms with Crippen molar-refractivity contribution in [2.75, 3.05) is 18.6 Å². The maximum absolute atomic E-state index is 11.3. The fourth-order valence-electron chi connectivity index (χ4n) is 1.40. The van der Waals surface area contributed by atoms with Crippen molar-refractivity contribution in [2.45, 2.75) is 51.5 Å². The molecule has 0 rings (SSSR count). The third-order valence-corrected chi connectivity index (χ3v) is 3.12. The van der Waals surface area contributed by atoms with Crippen LogP contribution < -0.4 is 11.1 Å². The largest absolute Gasteiger partial charge is 0.356 e. The van der Waals surface area contributed by atoms with Crippen LogP contribution >= 0.6 is 11.8 Å². The number of thioether (sulfide) groups is 1. The van der Waals surface area contributed by atoms with Crippen molar-refractivity contribution in [1.82, 2.24) is 5.32 Å². The lowest BCUT2D eigenvalue weighted by atomic mass is 10.2. The molecule has 4 heteroatoms. The van der Waals surface area contributed by atoms with Crippen LogP contribution in [0.5, 0.6) is 0 Å². The molecule has 0 aliphatic rings. The van der Waals surface area contributed by atoms with E-state index in [1.54, 1.807) is 0 Å². The Labute approximate surface area is 104 Å². The van der Waals surface area contributed by atoms with E-state index in [4.69, 9.17) is 5.73 Å². The van der Waals surface area contributed by atoms with Gasteiger partial charge >= 0.3 is 0 Å². The molecule has 0 aromatic heterocycles. The van der Waals surface area contributed by atoms with E-state index in [1.165, 1.54) is 25.0 Å². The van der Waals surface area contributed by atoms with Crippen molar-refractivity contribution in [3.8, 4) is 0 Å². The molecule has 0 bridgehead atoms. The van der Waals surface area contributed by atoms with Gasteiger partial charge in [0.05, 0.1) is 0 Å². The lowest BCUT2D eigenvalue weighted by Gasteiger charge is -2.06. The summed E-state index contributed by atoms with van der Waals surface area (Å²) < 4.78 is 0. The molecule has 0 aromatic carbocycles. The molecule has 0 radical (unpaired) electrons. The topological polar surface area (TPSA) is 55.1 Å². The smallest absolute Gasteiger partial charge is 0.220 e. The first-order valence-electron chi connectivity index (χ1n) is 6.18. The van der Waals surface area contributed by atoms with Gasteiger partial charge in [-0.15, -0.1) is 0 Å². The third kappa shape index (κ3) is 11.9. The highest BCUT2D eigenvalue weighted by molar-refractivity contribution is 7.98. The summed E-state index contributed by atoms with van der Waals surface area (Å²) in [6.07, 6.45) is 8.35. The van der Waals surface area contributed by atoms with Crippen LogP contribution in [-0.2, 0) is 4.79 Å². The number of carbonyl (C=O) groups is 1. The second kappa shape index (κ2) is 11.3. The van der Waals surface area contributed by atoms with Gasteiger partial charge in [-0.3, -0.25) is 4.79 Å². The Morgan fingerprint density at radius 2 is 2.00 bits per heavy atom. The van der Waals surface area contributed by atoms with Gasteiger partial charge in [-0.2, -0.15) is 11.8 Å². The molecule has 0 aliphatic carbocycles. The Kier molecular flexibility index (Phi) is 11.1. The monoisotopic (exact) mass is 246 g/mol. The SMILES string of the molecule is CSCCCCCCNC(=O)CCC(C)N. The summed E-state index contributed by atoms with van der Waals surface area (Å²) in [5.41, 5.74) is 5.58. The molecule has 1 atom stereocenters. The Morgan fingerprint density at radius 3 is 2.62 bits per heavy atom. The zero-order chi connectivity index (χ0) is 12.2. The van der Waals surface area contributed by atoms with Crippen molar-refractivity contribution in [3.63, 3.8) is 0 Å². The van der Waals surface area contributed by atoms with Gasteiger partial charge in [-0.25, -0.2) is 0 Å². The third-order valence-electron chi connectivity index (χ3n) is 2.42. The Balaban J connectivity index is 3.15. The lowest BCUT2D eigenvalue weighted by molar-refractivity contribution is -0.121.